The first kappa shape index (κ1) is 30.9. The van der Waals surface area contributed by atoms with Gasteiger partial charge >= 0.3 is 0 Å². The Hall–Kier alpha value is -3.09. The molecule has 3 heterocycles. The number of pyridine rings is 1. The number of benzene rings is 1. The van der Waals surface area contributed by atoms with Gasteiger partial charge in [0.15, 0.2) is 0 Å². The number of thioether (sulfide) groups is 1. The Morgan fingerprint density at radius 2 is 1.73 bits per heavy atom. The lowest BCUT2D eigenvalue weighted by Gasteiger charge is -2.39. The van der Waals surface area contributed by atoms with E-state index in [2.05, 4.69) is 41.8 Å². The SMILES string of the molecule is CCCCC(CC)CN1C(=O)/C(=C/c2c(C)c(C#N)c(=O)n(CCC)c2N2CCN(c3ccccc3)CC2)SC1=S. The van der Waals surface area contributed by atoms with Crippen molar-refractivity contribution in [1.82, 2.24) is 9.47 Å². The van der Waals surface area contributed by atoms with E-state index in [1.54, 1.807) is 9.47 Å². The minimum absolute atomic E-state index is 0.0825. The van der Waals surface area contributed by atoms with Crippen molar-refractivity contribution in [3.8, 4) is 6.07 Å². The van der Waals surface area contributed by atoms with E-state index < -0.39 is 0 Å². The van der Waals surface area contributed by atoms with Crippen molar-refractivity contribution in [2.45, 2.75) is 66.3 Å². The topological polar surface area (TPSA) is 72.6 Å². The van der Waals surface area contributed by atoms with Gasteiger partial charge in [0.05, 0.1) is 4.91 Å². The third kappa shape index (κ3) is 6.70. The number of nitriles is 1. The minimum atomic E-state index is -0.265. The fraction of sp³-hybridized carbons (Fsp3) is 0.500. The number of nitrogens with zero attached hydrogens (tertiary/aromatic N) is 5. The summed E-state index contributed by atoms with van der Waals surface area (Å²) < 4.78 is 2.32. The highest BCUT2D eigenvalue weighted by Crippen LogP contribution is 2.37. The average Bonchev–Trinajstić information content (AvgIpc) is 3.25. The van der Waals surface area contributed by atoms with Crippen molar-refractivity contribution in [1.29, 1.82) is 5.26 Å². The first-order chi connectivity index (χ1) is 19.8. The largest absolute Gasteiger partial charge is 0.368 e. The number of hydrogen-bond donors (Lipinski definition) is 0. The highest BCUT2D eigenvalue weighted by Gasteiger charge is 2.34. The van der Waals surface area contributed by atoms with Crippen LogP contribution in [0.4, 0.5) is 11.5 Å². The van der Waals surface area contributed by atoms with E-state index >= 15 is 0 Å². The van der Waals surface area contributed by atoms with Crippen LogP contribution in [0.25, 0.3) is 6.08 Å². The molecule has 4 rings (SSSR count). The molecule has 2 fully saturated rings. The predicted octanol–water partition coefficient (Wildman–Crippen LogP) is 6.18. The zero-order valence-electron chi connectivity index (χ0n) is 24.7. The number of rotatable bonds is 11. The summed E-state index contributed by atoms with van der Waals surface area (Å²) in [6.45, 7) is 12.4. The Balaban J connectivity index is 1.73. The number of unbranched alkanes of at least 4 members (excludes halogenated alkanes) is 1. The van der Waals surface area contributed by atoms with Gasteiger partial charge in [0.2, 0.25) is 0 Å². The van der Waals surface area contributed by atoms with Crippen LogP contribution in [0.2, 0.25) is 0 Å². The Morgan fingerprint density at radius 3 is 2.34 bits per heavy atom. The monoisotopic (exact) mass is 591 g/mol. The molecule has 1 unspecified atom stereocenters. The summed E-state index contributed by atoms with van der Waals surface area (Å²) in [5, 5.41) is 9.97. The second-order valence-electron chi connectivity index (χ2n) is 10.8. The normalized spacial score (nSPS) is 17.4. The molecule has 1 atom stereocenters. The third-order valence-electron chi connectivity index (χ3n) is 8.13. The number of aromatic nitrogens is 1. The van der Waals surface area contributed by atoms with Crippen LogP contribution < -0.4 is 15.4 Å². The minimum Gasteiger partial charge on any atom is -0.368 e. The smallest absolute Gasteiger partial charge is 0.270 e. The van der Waals surface area contributed by atoms with Crippen LogP contribution in [0.5, 0.6) is 0 Å². The second-order valence-corrected chi connectivity index (χ2v) is 12.5. The van der Waals surface area contributed by atoms with Gasteiger partial charge in [-0.2, -0.15) is 5.26 Å². The maximum Gasteiger partial charge on any atom is 0.270 e. The summed E-state index contributed by atoms with van der Waals surface area (Å²) in [5.41, 5.74) is 2.44. The van der Waals surface area contributed by atoms with E-state index in [-0.39, 0.29) is 17.0 Å². The van der Waals surface area contributed by atoms with Gasteiger partial charge in [-0.1, -0.05) is 82.2 Å². The Bertz CT molecular complexity index is 1390. The van der Waals surface area contributed by atoms with Crippen LogP contribution >= 0.6 is 24.0 Å². The lowest BCUT2D eigenvalue weighted by Crippen LogP contribution is -2.48. The number of para-hydroxylation sites is 1. The maximum atomic E-state index is 13.7. The second kappa shape index (κ2) is 14.2. The molecule has 41 heavy (non-hydrogen) atoms. The molecule has 2 aliphatic rings. The summed E-state index contributed by atoms with van der Waals surface area (Å²) in [4.78, 5) is 34.1. The predicted molar refractivity (Wildman–Crippen MR) is 174 cm³/mol. The molecule has 2 saturated heterocycles. The first-order valence-corrected chi connectivity index (χ1v) is 16.0. The Morgan fingerprint density at radius 1 is 1.05 bits per heavy atom. The molecule has 0 aliphatic carbocycles. The molecule has 0 spiro atoms. The number of carbonyl (C=O) groups excluding carboxylic acids is 1. The lowest BCUT2D eigenvalue weighted by atomic mass is 9.99. The van der Waals surface area contributed by atoms with Crippen molar-refractivity contribution in [2.75, 3.05) is 42.5 Å². The van der Waals surface area contributed by atoms with E-state index in [1.165, 1.54) is 17.4 Å². The van der Waals surface area contributed by atoms with Crippen LogP contribution in [0.1, 0.15) is 69.6 Å². The standard InChI is InChI=1S/C32H41N5O2S2/c1-5-8-12-24(7-3)22-37-31(39)28(41-32(37)40)20-26-23(4)27(21-33)30(38)36(15-6-2)29(26)35-18-16-34(17-19-35)25-13-10-9-11-14-25/h9-11,13-14,20,24H,5-8,12,15-19,22H2,1-4H3/b28-20-. The molecule has 218 valence electrons. The fourth-order valence-electron chi connectivity index (χ4n) is 5.70. The Labute approximate surface area is 253 Å². The van der Waals surface area contributed by atoms with Gasteiger partial charge < -0.3 is 9.80 Å². The molecule has 9 heteroatoms. The van der Waals surface area contributed by atoms with E-state index in [0.29, 0.717) is 33.8 Å². The molecule has 0 saturated carbocycles. The van der Waals surface area contributed by atoms with Crippen molar-refractivity contribution in [3.05, 3.63) is 62.3 Å². The molecular weight excluding hydrogens is 551 g/mol. The molecule has 7 nitrogen and oxygen atoms in total. The molecular formula is C32H41N5O2S2. The van der Waals surface area contributed by atoms with Gasteiger partial charge in [-0.3, -0.25) is 19.1 Å². The number of anilines is 2. The highest BCUT2D eigenvalue weighted by molar-refractivity contribution is 8.26. The summed E-state index contributed by atoms with van der Waals surface area (Å²) in [6, 6.07) is 12.5. The van der Waals surface area contributed by atoms with Crippen LogP contribution in [0.15, 0.2) is 40.0 Å². The van der Waals surface area contributed by atoms with Gasteiger partial charge in [-0.05, 0) is 49.5 Å². The number of piperazine rings is 1. The number of hydrogen-bond acceptors (Lipinski definition) is 7. The van der Waals surface area contributed by atoms with Crippen LogP contribution in [0, 0.1) is 24.2 Å². The Kier molecular flexibility index (Phi) is 10.7. The van der Waals surface area contributed by atoms with E-state index in [9.17, 15) is 14.9 Å². The van der Waals surface area contributed by atoms with Crippen LogP contribution in [-0.2, 0) is 11.3 Å². The van der Waals surface area contributed by atoms with Crippen molar-refractivity contribution >= 4 is 51.8 Å². The summed E-state index contributed by atoms with van der Waals surface area (Å²) in [7, 11) is 0. The van der Waals surface area contributed by atoms with Gasteiger partial charge in [0, 0.05) is 50.5 Å². The average molecular weight is 592 g/mol. The van der Waals surface area contributed by atoms with Gasteiger partial charge in [0.1, 0.15) is 21.8 Å². The fourth-order valence-corrected chi connectivity index (χ4v) is 6.95. The molecule has 1 amide bonds. The number of thiocarbonyl (C=S) groups is 1. The van der Waals surface area contributed by atoms with Gasteiger partial charge in [-0.15, -0.1) is 0 Å². The van der Waals surface area contributed by atoms with Crippen molar-refractivity contribution in [2.24, 2.45) is 5.92 Å². The number of carbonyl (C=O) groups is 1. The van der Waals surface area contributed by atoms with Crippen molar-refractivity contribution in [3.63, 3.8) is 0 Å². The zero-order chi connectivity index (χ0) is 29.5. The quantitative estimate of drug-likeness (QED) is 0.228. The lowest BCUT2D eigenvalue weighted by molar-refractivity contribution is -0.122. The molecule has 0 bridgehead atoms. The van der Waals surface area contributed by atoms with Gasteiger partial charge in [0.25, 0.3) is 11.5 Å². The van der Waals surface area contributed by atoms with Crippen molar-refractivity contribution < 1.29 is 4.79 Å². The maximum absolute atomic E-state index is 13.7. The van der Waals surface area contributed by atoms with Gasteiger partial charge in [-0.25, -0.2) is 0 Å². The first-order valence-electron chi connectivity index (χ1n) is 14.8. The van der Waals surface area contributed by atoms with Crippen LogP contribution in [-0.4, -0.2) is 52.4 Å². The summed E-state index contributed by atoms with van der Waals surface area (Å²) in [5.74, 6) is 1.12. The van der Waals surface area contributed by atoms with Crippen LogP contribution in [0.3, 0.4) is 0 Å². The zero-order valence-corrected chi connectivity index (χ0v) is 26.3. The summed E-state index contributed by atoms with van der Waals surface area (Å²) >= 11 is 7.00. The molecule has 2 aliphatic heterocycles. The molecule has 0 radical (unpaired) electrons. The molecule has 2 aromatic rings. The highest BCUT2D eigenvalue weighted by atomic mass is 32.2. The molecule has 1 aromatic heterocycles. The molecule has 1 aromatic carbocycles. The van der Waals surface area contributed by atoms with E-state index in [4.69, 9.17) is 12.2 Å². The summed E-state index contributed by atoms with van der Waals surface area (Å²) in [6.07, 6.45) is 6.98. The van der Waals surface area contributed by atoms with E-state index in [0.717, 1.165) is 69.7 Å². The third-order valence-corrected chi connectivity index (χ3v) is 9.51. The van der Waals surface area contributed by atoms with E-state index in [1.807, 2.05) is 38.1 Å². The molecule has 0 N–H and O–H groups in total. The number of amides is 1.